The topological polar surface area (TPSA) is 23.6 Å². The highest BCUT2D eigenvalue weighted by Gasteiger charge is 2.46. The molecule has 3 heteroatoms. The van der Waals surface area contributed by atoms with Crippen molar-refractivity contribution in [2.24, 2.45) is 5.41 Å². The first-order valence-corrected chi connectivity index (χ1v) is 6.53. The summed E-state index contributed by atoms with van der Waals surface area (Å²) in [5.41, 5.74) is 0.697. The van der Waals surface area contributed by atoms with Crippen molar-refractivity contribution in [3.63, 3.8) is 0 Å². The minimum atomic E-state index is 0.0916. The van der Waals surface area contributed by atoms with E-state index in [1.807, 2.05) is 4.90 Å². The number of hydrogen-bond acceptors (Lipinski definition) is 2. The Kier molecular flexibility index (Phi) is 3.06. The number of carbonyl (C=O) groups is 1. The molecule has 3 nitrogen and oxygen atoms in total. The van der Waals surface area contributed by atoms with E-state index in [-0.39, 0.29) is 11.4 Å². The molecule has 96 valence electrons. The van der Waals surface area contributed by atoms with Gasteiger partial charge < -0.3 is 4.90 Å². The summed E-state index contributed by atoms with van der Waals surface area (Å²) in [5, 5.41) is 0. The molecule has 0 N–H and O–H groups in total. The molecule has 0 radical (unpaired) electrons. The summed E-state index contributed by atoms with van der Waals surface area (Å²) in [5.74, 6) is 0.0916. The van der Waals surface area contributed by atoms with Gasteiger partial charge in [0.25, 0.3) is 0 Å². The van der Waals surface area contributed by atoms with Gasteiger partial charge >= 0.3 is 0 Å². The fourth-order valence-electron chi connectivity index (χ4n) is 3.02. The maximum atomic E-state index is 11.4. The van der Waals surface area contributed by atoms with Crippen molar-refractivity contribution in [2.45, 2.75) is 39.2 Å². The van der Waals surface area contributed by atoms with Crippen molar-refractivity contribution in [3.8, 4) is 0 Å². The number of carbonyl (C=O) groups excluding carboxylic acids is 1. The summed E-state index contributed by atoms with van der Waals surface area (Å²) < 4.78 is 0. The van der Waals surface area contributed by atoms with Crippen LogP contribution in [0.2, 0.25) is 0 Å². The van der Waals surface area contributed by atoms with Gasteiger partial charge in [-0.2, -0.15) is 0 Å². The Morgan fingerprint density at radius 1 is 1.24 bits per heavy atom. The van der Waals surface area contributed by atoms with Crippen LogP contribution in [0.15, 0.2) is 12.7 Å². The van der Waals surface area contributed by atoms with Gasteiger partial charge in [-0.25, -0.2) is 0 Å². The molecular weight excluding hydrogens is 212 g/mol. The summed E-state index contributed by atoms with van der Waals surface area (Å²) >= 11 is 0. The third kappa shape index (κ3) is 2.39. The van der Waals surface area contributed by atoms with Crippen LogP contribution >= 0.6 is 0 Å². The van der Waals surface area contributed by atoms with Crippen molar-refractivity contribution in [1.82, 2.24) is 9.80 Å². The Balaban J connectivity index is 1.85. The van der Waals surface area contributed by atoms with E-state index in [2.05, 4.69) is 32.3 Å². The van der Waals surface area contributed by atoms with E-state index in [1.165, 1.54) is 32.0 Å². The lowest BCUT2D eigenvalue weighted by Crippen LogP contribution is -2.62. The maximum Gasteiger partial charge on any atom is 0.245 e. The minimum Gasteiger partial charge on any atom is -0.338 e. The monoisotopic (exact) mass is 236 g/mol. The maximum absolute atomic E-state index is 11.4. The molecule has 0 atom stereocenters. The van der Waals surface area contributed by atoms with Crippen molar-refractivity contribution < 1.29 is 4.79 Å². The van der Waals surface area contributed by atoms with Gasteiger partial charge in [-0.3, -0.25) is 9.69 Å². The van der Waals surface area contributed by atoms with E-state index in [1.54, 1.807) is 0 Å². The highest BCUT2D eigenvalue weighted by Crippen LogP contribution is 2.41. The van der Waals surface area contributed by atoms with Gasteiger partial charge in [-0.05, 0) is 52.8 Å². The number of piperidine rings is 1. The van der Waals surface area contributed by atoms with Crippen LogP contribution in [0, 0.1) is 5.41 Å². The molecule has 1 spiro atoms. The first-order chi connectivity index (χ1) is 7.86. The predicted molar refractivity (Wildman–Crippen MR) is 69.8 cm³/mol. The molecule has 17 heavy (non-hydrogen) atoms. The molecule has 2 aliphatic rings. The lowest BCUT2D eigenvalue weighted by Gasteiger charge is -2.55. The molecule has 2 saturated heterocycles. The molecule has 0 unspecified atom stereocenters. The van der Waals surface area contributed by atoms with Gasteiger partial charge in [0, 0.05) is 24.0 Å². The van der Waals surface area contributed by atoms with Crippen LogP contribution in [0.25, 0.3) is 0 Å². The van der Waals surface area contributed by atoms with Crippen molar-refractivity contribution >= 4 is 5.91 Å². The smallest absolute Gasteiger partial charge is 0.245 e. The molecule has 0 aromatic rings. The van der Waals surface area contributed by atoms with E-state index < -0.39 is 0 Å². The Morgan fingerprint density at radius 3 is 2.18 bits per heavy atom. The lowest BCUT2D eigenvalue weighted by atomic mass is 9.71. The Hall–Kier alpha value is -0.830. The normalized spacial score (nSPS) is 24.5. The Labute approximate surface area is 104 Å². The number of likely N-dealkylation sites (tertiary alicyclic amines) is 2. The molecule has 0 aromatic heterocycles. The molecule has 1 amide bonds. The van der Waals surface area contributed by atoms with Crippen LogP contribution in [-0.4, -0.2) is 47.4 Å². The second-order valence-corrected chi connectivity index (χ2v) is 6.56. The third-order valence-electron chi connectivity index (χ3n) is 4.31. The largest absolute Gasteiger partial charge is 0.338 e. The number of nitrogens with zero attached hydrogens (tertiary/aromatic N) is 2. The van der Waals surface area contributed by atoms with Crippen LogP contribution in [-0.2, 0) is 4.79 Å². The summed E-state index contributed by atoms with van der Waals surface area (Å²) in [6.45, 7) is 14.6. The van der Waals surface area contributed by atoms with Gasteiger partial charge in [0.15, 0.2) is 0 Å². The molecule has 0 bridgehead atoms. The molecule has 2 rings (SSSR count). The molecule has 2 heterocycles. The van der Waals surface area contributed by atoms with Gasteiger partial charge in [-0.1, -0.05) is 6.58 Å². The van der Waals surface area contributed by atoms with E-state index in [0.717, 1.165) is 13.1 Å². The standard InChI is InChI=1S/C14H24N2O/c1-5-12(17)15-10-14(11-15)6-8-16(9-7-14)13(2,3)4/h5H,1,6-11H2,2-4H3. The van der Waals surface area contributed by atoms with Gasteiger partial charge in [0.1, 0.15) is 0 Å². The molecule has 0 saturated carbocycles. The van der Waals surface area contributed by atoms with E-state index in [0.29, 0.717) is 5.41 Å². The zero-order chi connectivity index (χ0) is 12.7. The van der Waals surface area contributed by atoms with Crippen LogP contribution in [0.5, 0.6) is 0 Å². The summed E-state index contributed by atoms with van der Waals surface area (Å²) in [7, 11) is 0. The zero-order valence-corrected chi connectivity index (χ0v) is 11.3. The lowest BCUT2D eigenvalue weighted by molar-refractivity contribution is -0.142. The van der Waals surface area contributed by atoms with E-state index in [9.17, 15) is 4.79 Å². The fourth-order valence-corrected chi connectivity index (χ4v) is 3.02. The van der Waals surface area contributed by atoms with Crippen molar-refractivity contribution in [1.29, 1.82) is 0 Å². The van der Waals surface area contributed by atoms with Gasteiger partial charge in [0.05, 0.1) is 0 Å². The quantitative estimate of drug-likeness (QED) is 0.649. The first kappa shape index (κ1) is 12.6. The SMILES string of the molecule is C=CC(=O)N1CC2(CCN(C(C)(C)C)CC2)C1. The second-order valence-electron chi connectivity index (χ2n) is 6.56. The van der Waals surface area contributed by atoms with Crippen molar-refractivity contribution in [3.05, 3.63) is 12.7 Å². The van der Waals surface area contributed by atoms with Crippen LogP contribution in [0.4, 0.5) is 0 Å². The number of rotatable bonds is 1. The van der Waals surface area contributed by atoms with Crippen molar-refractivity contribution in [2.75, 3.05) is 26.2 Å². The van der Waals surface area contributed by atoms with Crippen LogP contribution in [0.3, 0.4) is 0 Å². The highest BCUT2D eigenvalue weighted by atomic mass is 16.2. The zero-order valence-electron chi connectivity index (χ0n) is 11.3. The first-order valence-electron chi connectivity index (χ1n) is 6.53. The van der Waals surface area contributed by atoms with Gasteiger partial charge in [0.2, 0.25) is 5.91 Å². The van der Waals surface area contributed by atoms with Crippen LogP contribution in [0.1, 0.15) is 33.6 Å². The van der Waals surface area contributed by atoms with E-state index >= 15 is 0 Å². The third-order valence-corrected chi connectivity index (χ3v) is 4.31. The fraction of sp³-hybridized carbons (Fsp3) is 0.786. The molecule has 2 fully saturated rings. The van der Waals surface area contributed by atoms with Gasteiger partial charge in [-0.15, -0.1) is 0 Å². The molecule has 0 aromatic carbocycles. The molecule has 2 aliphatic heterocycles. The second kappa shape index (κ2) is 4.13. The molecular formula is C14H24N2O. The molecule has 0 aliphatic carbocycles. The number of amides is 1. The Bertz CT molecular complexity index is 314. The average molecular weight is 236 g/mol. The van der Waals surface area contributed by atoms with E-state index in [4.69, 9.17) is 0 Å². The number of hydrogen-bond donors (Lipinski definition) is 0. The minimum absolute atomic E-state index is 0.0916. The average Bonchev–Trinajstić information content (AvgIpc) is 2.23. The predicted octanol–water partition coefficient (Wildman–Crippen LogP) is 1.90. The summed E-state index contributed by atoms with van der Waals surface area (Å²) in [6, 6.07) is 0. The van der Waals surface area contributed by atoms with Crippen LogP contribution < -0.4 is 0 Å². The summed E-state index contributed by atoms with van der Waals surface area (Å²) in [4.78, 5) is 15.9. The Morgan fingerprint density at radius 2 is 1.76 bits per heavy atom. The summed E-state index contributed by atoms with van der Waals surface area (Å²) in [6.07, 6.45) is 3.88. The highest BCUT2D eigenvalue weighted by molar-refractivity contribution is 5.87.